The Morgan fingerprint density at radius 1 is 1.15 bits per heavy atom. The first-order valence-corrected chi connectivity index (χ1v) is 14.7. The Morgan fingerprint density at radius 2 is 1.93 bits per heavy atom. The maximum atomic E-state index is 13.5. The fourth-order valence-corrected chi connectivity index (χ4v) is 6.86. The van der Waals surface area contributed by atoms with Crippen LogP contribution in [0.2, 0.25) is 0 Å². The fraction of sp³-hybridized carbons (Fsp3) is 0.483. The Kier molecular flexibility index (Phi) is 8.32. The molecule has 212 valence electrons. The zero-order valence-corrected chi connectivity index (χ0v) is 24.0. The Morgan fingerprint density at radius 3 is 2.62 bits per heavy atom. The first-order chi connectivity index (χ1) is 19.3. The highest BCUT2D eigenvalue weighted by Crippen LogP contribution is 2.38. The van der Waals surface area contributed by atoms with E-state index in [-0.39, 0.29) is 29.1 Å². The number of thiazole rings is 1. The van der Waals surface area contributed by atoms with Gasteiger partial charge >= 0.3 is 11.8 Å². The lowest BCUT2D eigenvalue weighted by Crippen LogP contribution is -2.46. The predicted molar refractivity (Wildman–Crippen MR) is 154 cm³/mol. The highest BCUT2D eigenvalue weighted by Gasteiger charge is 2.35. The van der Waals surface area contributed by atoms with E-state index in [9.17, 15) is 14.4 Å². The van der Waals surface area contributed by atoms with Crippen molar-refractivity contribution >= 4 is 45.0 Å². The van der Waals surface area contributed by atoms with Gasteiger partial charge in [0.25, 0.3) is 5.91 Å². The summed E-state index contributed by atoms with van der Waals surface area (Å²) in [4.78, 5) is 51.5. The smallest absolute Gasteiger partial charge is 0.313 e. The van der Waals surface area contributed by atoms with Crippen LogP contribution in [0.25, 0.3) is 10.2 Å². The summed E-state index contributed by atoms with van der Waals surface area (Å²) in [5.41, 5.74) is 7.55. The molecule has 1 aromatic carbocycles. The van der Waals surface area contributed by atoms with Gasteiger partial charge in [0.1, 0.15) is 5.56 Å². The van der Waals surface area contributed by atoms with Crippen LogP contribution < -0.4 is 15.8 Å². The van der Waals surface area contributed by atoms with Gasteiger partial charge in [-0.15, -0.1) is 11.3 Å². The van der Waals surface area contributed by atoms with E-state index in [2.05, 4.69) is 47.2 Å². The molecule has 3 aromatic rings. The van der Waals surface area contributed by atoms with Crippen molar-refractivity contribution in [3.05, 3.63) is 46.6 Å². The van der Waals surface area contributed by atoms with E-state index >= 15 is 0 Å². The number of ether oxygens (including phenoxy) is 1. The molecular weight excluding hydrogens is 528 g/mol. The van der Waals surface area contributed by atoms with E-state index in [0.29, 0.717) is 12.5 Å². The average Bonchev–Trinajstić information content (AvgIpc) is 3.40. The number of benzene rings is 1. The van der Waals surface area contributed by atoms with Crippen LogP contribution in [-0.4, -0.2) is 70.8 Å². The molecular formula is C29H36N6O4S. The molecule has 2 atom stereocenters. The van der Waals surface area contributed by atoms with Crippen LogP contribution in [-0.2, 0) is 9.59 Å². The molecule has 2 fully saturated rings. The van der Waals surface area contributed by atoms with Gasteiger partial charge in [0.15, 0.2) is 0 Å². The number of fused-ring (bicyclic) bond motifs is 1. The van der Waals surface area contributed by atoms with E-state index in [1.54, 1.807) is 16.2 Å². The summed E-state index contributed by atoms with van der Waals surface area (Å²) < 4.78 is 6.20. The summed E-state index contributed by atoms with van der Waals surface area (Å²) in [6, 6.07) is 7.38. The molecule has 4 heterocycles. The number of hydrogen-bond donors (Lipinski definition) is 2. The van der Waals surface area contributed by atoms with Crippen molar-refractivity contribution in [2.75, 3.05) is 38.6 Å². The van der Waals surface area contributed by atoms with Gasteiger partial charge in [-0.3, -0.25) is 14.4 Å². The summed E-state index contributed by atoms with van der Waals surface area (Å²) in [7, 11) is 1.37. The number of carbonyl (C=O) groups excluding carboxylic acids is 3. The molecule has 0 bridgehead atoms. The van der Waals surface area contributed by atoms with Gasteiger partial charge in [-0.05, 0) is 75.0 Å². The fourth-order valence-electron chi connectivity index (χ4n) is 5.74. The molecule has 1 unspecified atom stereocenters. The second kappa shape index (κ2) is 11.9. The second-order valence-electron chi connectivity index (χ2n) is 10.7. The minimum Gasteiger partial charge on any atom is -0.480 e. The van der Waals surface area contributed by atoms with E-state index in [1.807, 2.05) is 0 Å². The Bertz CT molecular complexity index is 1420. The Hall–Kier alpha value is -3.57. The SMILES string of the molecule is CCN1CCC(c2nc3cc(C4CC[C@H](C)CN4C(=O)C(=O)Nc4cnc(OC)c(C(N)=O)c4)ccc3s2)CC1. The molecule has 2 aliphatic heterocycles. The van der Waals surface area contributed by atoms with Crippen LogP contribution in [0.5, 0.6) is 5.88 Å². The number of carbonyl (C=O) groups is 3. The van der Waals surface area contributed by atoms with Crippen LogP contribution in [0.4, 0.5) is 5.69 Å². The highest BCUT2D eigenvalue weighted by atomic mass is 32.1. The van der Waals surface area contributed by atoms with Gasteiger partial charge < -0.3 is 25.6 Å². The van der Waals surface area contributed by atoms with Gasteiger partial charge in [-0.25, -0.2) is 9.97 Å². The zero-order chi connectivity index (χ0) is 28.4. The third-order valence-electron chi connectivity index (χ3n) is 8.04. The number of primary amides is 1. The summed E-state index contributed by atoms with van der Waals surface area (Å²) >= 11 is 1.77. The lowest BCUT2D eigenvalue weighted by Gasteiger charge is -2.38. The molecule has 2 aromatic heterocycles. The summed E-state index contributed by atoms with van der Waals surface area (Å²) in [6.45, 7) is 8.07. The van der Waals surface area contributed by atoms with Crippen molar-refractivity contribution in [3.63, 3.8) is 0 Å². The van der Waals surface area contributed by atoms with Crippen molar-refractivity contribution in [2.24, 2.45) is 11.7 Å². The number of amides is 3. The minimum atomic E-state index is -0.795. The van der Waals surface area contributed by atoms with E-state index in [0.717, 1.165) is 61.1 Å². The molecule has 10 nitrogen and oxygen atoms in total. The largest absolute Gasteiger partial charge is 0.480 e. The quantitative estimate of drug-likeness (QED) is 0.434. The van der Waals surface area contributed by atoms with Gasteiger partial charge in [0.2, 0.25) is 5.88 Å². The van der Waals surface area contributed by atoms with Crippen molar-refractivity contribution in [3.8, 4) is 5.88 Å². The van der Waals surface area contributed by atoms with E-state index in [4.69, 9.17) is 15.5 Å². The molecule has 11 heteroatoms. The van der Waals surface area contributed by atoms with Crippen LogP contribution in [0.1, 0.15) is 72.4 Å². The zero-order valence-electron chi connectivity index (χ0n) is 23.2. The number of nitrogens with two attached hydrogens (primary N) is 1. The molecule has 0 saturated carbocycles. The molecule has 0 radical (unpaired) electrons. The maximum absolute atomic E-state index is 13.5. The first-order valence-electron chi connectivity index (χ1n) is 13.9. The number of likely N-dealkylation sites (tertiary alicyclic amines) is 2. The standard InChI is InChI=1S/C29H36N6O4S/c1-4-34-11-9-18(10-12-34)28-33-22-13-19(6-8-24(22)40-28)23-7-5-17(2)16-35(23)29(38)26(37)32-20-14-21(25(30)36)27(39-3)31-15-20/h6,8,13-15,17-18,23H,4-5,7,9-12,16H2,1-3H3,(H2,30,36)(H,32,37)/t17-,23?/m0/s1. The average molecular weight is 565 g/mol. The van der Waals surface area contributed by atoms with E-state index in [1.165, 1.54) is 24.4 Å². The predicted octanol–water partition coefficient (Wildman–Crippen LogP) is 3.94. The Balaban J connectivity index is 1.34. The molecule has 0 spiro atoms. The van der Waals surface area contributed by atoms with Crippen LogP contribution in [0.15, 0.2) is 30.5 Å². The monoisotopic (exact) mass is 564 g/mol. The lowest BCUT2D eigenvalue weighted by molar-refractivity contribution is -0.146. The number of anilines is 1. The molecule has 5 rings (SSSR count). The third-order valence-corrected chi connectivity index (χ3v) is 9.24. The number of nitrogens with zero attached hydrogens (tertiary/aromatic N) is 4. The third kappa shape index (κ3) is 5.80. The highest BCUT2D eigenvalue weighted by molar-refractivity contribution is 7.18. The normalized spacial score (nSPS) is 20.4. The minimum absolute atomic E-state index is 0.0177. The number of methoxy groups -OCH3 is 1. The van der Waals surface area contributed by atoms with Crippen LogP contribution in [0, 0.1) is 5.92 Å². The number of pyridine rings is 1. The molecule has 40 heavy (non-hydrogen) atoms. The van der Waals surface area contributed by atoms with Crippen LogP contribution >= 0.6 is 11.3 Å². The maximum Gasteiger partial charge on any atom is 0.313 e. The number of nitrogens with one attached hydrogen (secondary N) is 1. The Labute approximate surface area is 237 Å². The van der Waals surface area contributed by atoms with Crippen LogP contribution in [0.3, 0.4) is 0 Å². The molecule has 3 amide bonds. The van der Waals surface area contributed by atoms with Gasteiger partial charge in [0.05, 0.1) is 40.3 Å². The lowest BCUT2D eigenvalue weighted by atomic mass is 9.89. The molecule has 0 aliphatic carbocycles. The van der Waals surface area contributed by atoms with Gasteiger partial charge in [0, 0.05) is 12.5 Å². The van der Waals surface area contributed by atoms with Crippen molar-refractivity contribution < 1.29 is 19.1 Å². The van der Waals surface area contributed by atoms with Crippen molar-refractivity contribution in [1.29, 1.82) is 0 Å². The van der Waals surface area contributed by atoms with Gasteiger partial charge in [-0.1, -0.05) is 19.9 Å². The number of aromatic nitrogens is 2. The molecule has 2 saturated heterocycles. The number of rotatable bonds is 6. The summed E-state index contributed by atoms with van der Waals surface area (Å²) in [5, 5.41) is 3.77. The molecule has 3 N–H and O–H groups in total. The number of hydrogen-bond acceptors (Lipinski definition) is 8. The van der Waals surface area contributed by atoms with Crippen molar-refractivity contribution in [1.82, 2.24) is 19.8 Å². The second-order valence-corrected chi connectivity index (χ2v) is 11.8. The van der Waals surface area contributed by atoms with Gasteiger partial charge in [-0.2, -0.15) is 0 Å². The summed E-state index contributed by atoms with van der Waals surface area (Å²) in [6.07, 6.45) is 5.30. The van der Waals surface area contributed by atoms with Crippen molar-refractivity contribution in [2.45, 2.75) is 51.5 Å². The molecule has 2 aliphatic rings. The number of piperidine rings is 2. The van der Waals surface area contributed by atoms with E-state index < -0.39 is 17.7 Å². The summed E-state index contributed by atoms with van der Waals surface area (Å²) in [5.74, 6) is -1.37. The first kappa shape index (κ1) is 28.0. The topological polar surface area (TPSA) is 131 Å².